The van der Waals surface area contributed by atoms with Gasteiger partial charge < -0.3 is 4.74 Å². The van der Waals surface area contributed by atoms with E-state index >= 15 is 0 Å². The quantitative estimate of drug-likeness (QED) is 0.803. The van der Waals surface area contributed by atoms with Gasteiger partial charge in [0, 0.05) is 11.2 Å². The highest BCUT2D eigenvalue weighted by Gasteiger charge is 2.05. The van der Waals surface area contributed by atoms with E-state index in [1.165, 1.54) is 18.3 Å². The largest absolute Gasteiger partial charge is 0.483 e. The zero-order valence-corrected chi connectivity index (χ0v) is 10.0. The van der Waals surface area contributed by atoms with Crippen molar-refractivity contribution in [2.75, 3.05) is 0 Å². The van der Waals surface area contributed by atoms with Crippen LogP contribution in [0.2, 0.25) is 10.2 Å². The second-order valence-corrected chi connectivity index (χ2v) is 3.98. The summed E-state index contributed by atoms with van der Waals surface area (Å²) in [6, 6.07) is 5.71. The molecule has 17 heavy (non-hydrogen) atoms. The lowest BCUT2D eigenvalue weighted by atomic mass is 10.3. The molecule has 0 unspecified atom stereocenters. The number of hydrogen-bond donors (Lipinski definition) is 0. The Morgan fingerprint density at radius 1 is 1.24 bits per heavy atom. The molecule has 0 spiro atoms. The van der Waals surface area contributed by atoms with Gasteiger partial charge in [-0.2, -0.15) is 0 Å². The van der Waals surface area contributed by atoms with Crippen molar-refractivity contribution in [1.82, 2.24) is 9.97 Å². The van der Waals surface area contributed by atoms with Crippen LogP contribution in [-0.4, -0.2) is 9.97 Å². The fourth-order valence-electron chi connectivity index (χ4n) is 1.18. The molecule has 0 saturated carbocycles. The van der Waals surface area contributed by atoms with E-state index in [1.54, 1.807) is 12.1 Å². The maximum atomic E-state index is 13.4. The van der Waals surface area contributed by atoms with Gasteiger partial charge >= 0.3 is 0 Å². The average Bonchev–Trinajstić information content (AvgIpc) is 2.28. The van der Waals surface area contributed by atoms with Gasteiger partial charge in [0.25, 0.3) is 0 Å². The summed E-state index contributed by atoms with van der Waals surface area (Å²) in [7, 11) is 0. The molecule has 1 heterocycles. The predicted molar refractivity (Wildman–Crippen MR) is 62.8 cm³/mol. The standard InChI is InChI=1S/C11H7Cl2FN2O/c12-7-1-2-9(8(14)5-7)17-6-11-15-4-3-10(13)16-11/h1-5H,6H2. The monoisotopic (exact) mass is 272 g/mol. The first kappa shape index (κ1) is 12.1. The van der Waals surface area contributed by atoms with Crippen LogP contribution < -0.4 is 4.74 Å². The molecule has 0 saturated heterocycles. The van der Waals surface area contributed by atoms with Crippen LogP contribution in [-0.2, 0) is 6.61 Å². The van der Waals surface area contributed by atoms with Gasteiger partial charge in [0.2, 0.25) is 0 Å². The second kappa shape index (κ2) is 5.29. The summed E-state index contributed by atoms with van der Waals surface area (Å²) in [5, 5.41) is 0.629. The Morgan fingerprint density at radius 2 is 2.06 bits per heavy atom. The Morgan fingerprint density at radius 3 is 2.76 bits per heavy atom. The highest BCUT2D eigenvalue weighted by Crippen LogP contribution is 2.21. The number of hydrogen-bond acceptors (Lipinski definition) is 3. The van der Waals surface area contributed by atoms with Gasteiger partial charge in [-0.05, 0) is 24.3 Å². The van der Waals surface area contributed by atoms with Crippen LogP contribution >= 0.6 is 23.2 Å². The number of nitrogens with zero attached hydrogens (tertiary/aromatic N) is 2. The molecular weight excluding hydrogens is 266 g/mol. The van der Waals surface area contributed by atoms with Gasteiger partial charge in [-0.1, -0.05) is 23.2 Å². The van der Waals surface area contributed by atoms with Gasteiger partial charge in [0.1, 0.15) is 11.8 Å². The van der Waals surface area contributed by atoms with Crippen molar-refractivity contribution in [3.05, 3.63) is 52.3 Å². The molecule has 0 amide bonds. The minimum Gasteiger partial charge on any atom is -0.483 e. The molecule has 88 valence electrons. The van der Waals surface area contributed by atoms with E-state index in [1.807, 2.05) is 0 Å². The molecule has 0 atom stereocenters. The van der Waals surface area contributed by atoms with Crippen molar-refractivity contribution in [1.29, 1.82) is 0 Å². The molecule has 1 aromatic heterocycles. The van der Waals surface area contributed by atoms with Crippen molar-refractivity contribution in [2.24, 2.45) is 0 Å². The number of ether oxygens (including phenoxy) is 1. The van der Waals surface area contributed by atoms with Crippen molar-refractivity contribution in [3.8, 4) is 5.75 Å². The van der Waals surface area contributed by atoms with Gasteiger partial charge in [-0.15, -0.1) is 0 Å². The van der Waals surface area contributed by atoms with E-state index in [0.717, 1.165) is 0 Å². The van der Waals surface area contributed by atoms with Crippen LogP contribution in [0.25, 0.3) is 0 Å². The first-order chi connectivity index (χ1) is 8.15. The fourth-order valence-corrected chi connectivity index (χ4v) is 1.49. The van der Waals surface area contributed by atoms with Crippen molar-refractivity contribution in [2.45, 2.75) is 6.61 Å². The van der Waals surface area contributed by atoms with Crippen LogP contribution in [0.5, 0.6) is 5.75 Å². The van der Waals surface area contributed by atoms with Gasteiger partial charge in [-0.25, -0.2) is 14.4 Å². The maximum Gasteiger partial charge on any atom is 0.167 e. The summed E-state index contributed by atoms with van der Waals surface area (Å²) >= 11 is 11.3. The van der Waals surface area contributed by atoms with Crippen molar-refractivity contribution >= 4 is 23.2 Å². The molecular formula is C11H7Cl2FN2O. The van der Waals surface area contributed by atoms with Crippen LogP contribution in [0.4, 0.5) is 4.39 Å². The third-order valence-electron chi connectivity index (χ3n) is 1.92. The Balaban J connectivity index is 2.07. The summed E-state index contributed by atoms with van der Waals surface area (Å²) in [5.41, 5.74) is 0. The van der Waals surface area contributed by atoms with Crippen LogP contribution in [0, 0.1) is 5.82 Å². The number of benzene rings is 1. The lowest BCUT2D eigenvalue weighted by Crippen LogP contribution is -2.02. The topological polar surface area (TPSA) is 35.0 Å². The van der Waals surface area contributed by atoms with E-state index in [9.17, 15) is 4.39 Å². The minimum absolute atomic E-state index is 0.0408. The van der Waals surface area contributed by atoms with E-state index in [-0.39, 0.29) is 12.4 Å². The lowest BCUT2D eigenvalue weighted by Gasteiger charge is -2.06. The molecule has 6 heteroatoms. The number of rotatable bonds is 3. The van der Waals surface area contributed by atoms with Gasteiger partial charge in [-0.3, -0.25) is 0 Å². The summed E-state index contributed by atoms with van der Waals surface area (Å²) in [5.74, 6) is -0.0515. The molecule has 0 aliphatic heterocycles. The number of halogens is 3. The molecule has 0 bridgehead atoms. The Bertz CT molecular complexity index is 537. The molecule has 0 fully saturated rings. The van der Waals surface area contributed by atoms with Crippen LogP contribution in [0.1, 0.15) is 5.82 Å². The smallest absolute Gasteiger partial charge is 0.167 e. The highest BCUT2D eigenvalue weighted by molar-refractivity contribution is 6.30. The summed E-state index contributed by atoms with van der Waals surface area (Å²) in [6.45, 7) is 0.0408. The normalized spacial score (nSPS) is 10.3. The van der Waals surface area contributed by atoms with Crippen LogP contribution in [0.15, 0.2) is 30.5 Å². The van der Waals surface area contributed by atoms with Crippen molar-refractivity contribution < 1.29 is 9.13 Å². The first-order valence-electron chi connectivity index (χ1n) is 4.70. The SMILES string of the molecule is Fc1cc(Cl)ccc1OCc1nccc(Cl)n1. The third-order valence-corrected chi connectivity index (χ3v) is 2.37. The van der Waals surface area contributed by atoms with Crippen molar-refractivity contribution in [3.63, 3.8) is 0 Å². The van der Waals surface area contributed by atoms with E-state index < -0.39 is 5.82 Å². The Hall–Kier alpha value is -1.39. The first-order valence-corrected chi connectivity index (χ1v) is 5.46. The van der Waals surface area contributed by atoms with Gasteiger partial charge in [0.05, 0.1) is 0 Å². The van der Waals surface area contributed by atoms with E-state index in [2.05, 4.69) is 9.97 Å². The zero-order chi connectivity index (χ0) is 12.3. The van der Waals surface area contributed by atoms with Gasteiger partial charge in [0.15, 0.2) is 17.4 Å². The van der Waals surface area contributed by atoms with E-state index in [4.69, 9.17) is 27.9 Å². The summed E-state index contributed by atoms with van der Waals surface area (Å²) in [4.78, 5) is 7.85. The highest BCUT2D eigenvalue weighted by atomic mass is 35.5. The Kier molecular flexibility index (Phi) is 3.76. The number of aromatic nitrogens is 2. The summed E-state index contributed by atoms with van der Waals surface area (Å²) < 4.78 is 18.6. The molecule has 0 radical (unpaired) electrons. The predicted octanol–water partition coefficient (Wildman–Crippen LogP) is 3.50. The fraction of sp³-hybridized carbons (Fsp3) is 0.0909. The van der Waals surface area contributed by atoms with E-state index in [0.29, 0.717) is 16.0 Å². The second-order valence-electron chi connectivity index (χ2n) is 3.16. The Labute approximate surface area is 107 Å². The maximum absolute atomic E-state index is 13.4. The molecule has 0 N–H and O–H groups in total. The molecule has 0 aliphatic rings. The molecule has 2 aromatic rings. The van der Waals surface area contributed by atoms with Crippen LogP contribution in [0.3, 0.4) is 0 Å². The molecule has 2 rings (SSSR count). The minimum atomic E-state index is -0.528. The summed E-state index contributed by atoms with van der Waals surface area (Å²) in [6.07, 6.45) is 1.51. The third kappa shape index (κ3) is 3.28. The molecule has 1 aromatic carbocycles. The lowest BCUT2D eigenvalue weighted by molar-refractivity contribution is 0.281. The molecule has 0 aliphatic carbocycles. The zero-order valence-electron chi connectivity index (χ0n) is 8.53. The average molecular weight is 273 g/mol. The molecule has 3 nitrogen and oxygen atoms in total.